The van der Waals surface area contributed by atoms with Crippen molar-refractivity contribution >= 4 is 12.3 Å². The molecule has 2 aromatic carbocycles. The van der Waals surface area contributed by atoms with E-state index in [0.29, 0.717) is 0 Å². The quantitative estimate of drug-likeness (QED) is 0.681. The molecule has 0 aromatic heterocycles. The molecule has 22 heavy (non-hydrogen) atoms. The number of nitrogens with one attached hydrogen (secondary N) is 1. The van der Waals surface area contributed by atoms with Gasteiger partial charge in [0.25, 0.3) is 0 Å². The van der Waals surface area contributed by atoms with Gasteiger partial charge in [0.15, 0.2) is 0 Å². The van der Waals surface area contributed by atoms with Crippen molar-refractivity contribution in [3.8, 4) is 11.1 Å². The predicted octanol–water partition coefficient (Wildman–Crippen LogP) is 4.21. The lowest BCUT2D eigenvalue weighted by atomic mass is 10.0. The molecule has 0 fully saturated rings. The summed E-state index contributed by atoms with van der Waals surface area (Å²) in [6.07, 6.45) is 1.02. The van der Waals surface area contributed by atoms with Gasteiger partial charge in [0.05, 0.1) is 6.21 Å². The topological polar surface area (TPSA) is 50.7 Å². The van der Waals surface area contributed by atoms with Gasteiger partial charge in [-0.05, 0) is 37.5 Å². The van der Waals surface area contributed by atoms with Crippen molar-refractivity contribution in [1.29, 1.82) is 0 Å². The van der Waals surface area contributed by atoms with Crippen LogP contribution in [0.1, 0.15) is 26.3 Å². The van der Waals surface area contributed by atoms with Crippen molar-refractivity contribution in [1.82, 2.24) is 5.43 Å². The van der Waals surface area contributed by atoms with Crippen LogP contribution in [-0.2, 0) is 4.74 Å². The average Bonchev–Trinajstić information content (AvgIpc) is 2.47. The monoisotopic (exact) mass is 296 g/mol. The van der Waals surface area contributed by atoms with E-state index in [4.69, 9.17) is 4.74 Å². The predicted molar refractivity (Wildman–Crippen MR) is 88.8 cm³/mol. The fourth-order valence-electron chi connectivity index (χ4n) is 1.85. The Labute approximate surface area is 130 Å². The first-order valence-electron chi connectivity index (χ1n) is 7.11. The van der Waals surface area contributed by atoms with Crippen molar-refractivity contribution in [2.75, 3.05) is 0 Å². The summed E-state index contributed by atoms with van der Waals surface area (Å²) >= 11 is 0. The number of ether oxygens (including phenoxy) is 1. The molecule has 1 N–H and O–H groups in total. The lowest BCUT2D eigenvalue weighted by Gasteiger charge is -2.18. The fraction of sp³-hybridized carbons (Fsp3) is 0.222. The van der Waals surface area contributed by atoms with Crippen molar-refractivity contribution in [3.63, 3.8) is 0 Å². The number of nitrogens with zero attached hydrogens (tertiary/aromatic N) is 1. The first-order chi connectivity index (χ1) is 10.4. The van der Waals surface area contributed by atoms with Gasteiger partial charge in [-0.25, -0.2) is 10.2 Å². The van der Waals surface area contributed by atoms with Gasteiger partial charge in [0.2, 0.25) is 0 Å². The molecular formula is C18H20N2O2. The Hall–Kier alpha value is -2.62. The first kappa shape index (κ1) is 15.8. The minimum absolute atomic E-state index is 0.531. The van der Waals surface area contributed by atoms with E-state index in [1.807, 2.05) is 42.5 Å². The summed E-state index contributed by atoms with van der Waals surface area (Å²) in [5, 5.41) is 3.88. The maximum atomic E-state index is 11.4. The Bertz CT molecular complexity index is 641. The van der Waals surface area contributed by atoms with Crippen molar-refractivity contribution in [3.05, 3.63) is 60.2 Å². The molecule has 0 heterocycles. The van der Waals surface area contributed by atoms with E-state index in [0.717, 1.165) is 16.7 Å². The number of carbonyl (C=O) groups is 1. The van der Waals surface area contributed by atoms with Crippen LogP contribution in [0.2, 0.25) is 0 Å². The van der Waals surface area contributed by atoms with E-state index < -0.39 is 11.7 Å². The van der Waals surface area contributed by atoms with Crippen molar-refractivity contribution < 1.29 is 9.53 Å². The number of hydrogen-bond donors (Lipinski definition) is 1. The van der Waals surface area contributed by atoms with Crippen molar-refractivity contribution in [2.24, 2.45) is 5.10 Å². The molecule has 2 rings (SSSR count). The molecule has 0 aliphatic carbocycles. The summed E-state index contributed by atoms with van der Waals surface area (Å²) in [5.74, 6) is 0. The molecule has 0 saturated heterocycles. The second kappa shape index (κ2) is 6.89. The lowest BCUT2D eigenvalue weighted by Crippen LogP contribution is -2.29. The third-order valence-electron chi connectivity index (χ3n) is 2.79. The minimum Gasteiger partial charge on any atom is -0.443 e. The summed E-state index contributed by atoms with van der Waals surface area (Å²) < 4.78 is 5.09. The van der Waals surface area contributed by atoms with Crippen LogP contribution in [0.15, 0.2) is 59.7 Å². The number of rotatable bonds is 3. The Morgan fingerprint density at radius 3 is 2.18 bits per heavy atom. The molecule has 0 radical (unpaired) electrons. The van der Waals surface area contributed by atoms with Crippen LogP contribution < -0.4 is 5.43 Å². The Kier molecular flexibility index (Phi) is 4.94. The molecule has 0 atom stereocenters. The molecule has 0 saturated carbocycles. The zero-order valence-electron chi connectivity index (χ0n) is 13.0. The minimum atomic E-state index is -0.565. The van der Waals surface area contributed by atoms with E-state index >= 15 is 0 Å². The summed E-state index contributed by atoms with van der Waals surface area (Å²) in [6, 6.07) is 18.1. The molecule has 4 heteroatoms. The number of benzene rings is 2. The van der Waals surface area contributed by atoms with Crippen LogP contribution >= 0.6 is 0 Å². The standard InChI is InChI=1S/C18H20N2O2/c1-18(2,3)22-17(21)20-19-13-14-9-11-16(12-10-14)15-7-5-4-6-8-15/h4-13H,1-3H3,(H,20,21)/b19-13+. The van der Waals surface area contributed by atoms with Crippen LogP contribution in [0.5, 0.6) is 0 Å². The molecular weight excluding hydrogens is 276 g/mol. The molecule has 0 bridgehead atoms. The highest BCUT2D eigenvalue weighted by Gasteiger charge is 2.15. The van der Waals surface area contributed by atoms with E-state index in [1.54, 1.807) is 27.0 Å². The highest BCUT2D eigenvalue weighted by Crippen LogP contribution is 2.18. The van der Waals surface area contributed by atoms with Gasteiger partial charge in [0.1, 0.15) is 5.60 Å². The highest BCUT2D eigenvalue weighted by molar-refractivity contribution is 5.82. The molecule has 0 aliphatic heterocycles. The van der Waals surface area contributed by atoms with Crippen LogP contribution in [0.4, 0.5) is 4.79 Å². The third kappa shape index (κ3) is 5.05. The maximum absolute atomic E-state index is 11.4. The molecule has 1 amide bonds. The summed E-state index contributed by atoms with van der Waals surface area (Å²) in [5.41, 5.74) is 5.01. The van der Waals surface area contributed by atoms with Gasteiger partial charge in [-0.15, -0.1) is 0 Å². The zero-order chi connectivity index (χ0) is 16.0. The summed E-state index contributed by atoms with van der Waals surface area (Å²) in [7, 11) is 0. The number of hydrazone groups is 1. The molecule has 114 valence electrons. The zero-order valence-corrected chi connectivity index (χ0v) is 13.0. The molecule has 0 aliphatic rings. The second-order valence-corrected chi connectivity index (χ2v) is 5.86. The number of amides is 1. The van der Waals surface area contributed by atoms with Crippen LogP contribution in [0, 0.1) is 0 Å². The van der Waals surface area contributed by atoms with Crippen LogP contribution in [0.3, 0.4) is 0 Å². The maximum Gasteiger partial charge on any atom is 0.428 e. The van der Waals surface area contributed by atoms with Crippen LogP contribution in [0.25, 0.3) is 11.1 Å². The first-order valence-corrected chi connectivity index (χ1v) is 7.11. The van der Waals surface area contributed by atoms with Gasteiger partial charge >= 0.3 is 6.09 Å². The molecule has 2 aromatic rings. The average molecular weight is 296 g/mol. The molecule has 0 spiro atoms. The molecule has 0 unspecified atom stereocenters. The van der Waals surface area contributed by atoms with Gasteiger partial charge < -0.3 is 4.74 Å². The summed E-state index contributed by atoms with van der Waals surface area (Å²) in [4.78, 5) is 11.4. The largest absolute Gasteiger partial charge is 0.443 e. The second-order valence-electron chi connectivity index (χ2n) is 5.86. The fourth-order valence-corrected chi connectivity index (χ4v) is 1.85. The SMILES string of the molecule is CC(C)(C)OC(=O)N/N=C/c1ccc(-c2ccccc2)cc1. The van der Waals surface area contributed by atoms with Gasteiger partial charge in [-0.3, -0.25) is 0 Å². The smallest absolute Gasteiger partial charge is 0.428 e. The van der Waals surface area contributed by atoms with Gasteiger partial charge in [-0.1, -0.05) is 54.6 Å². The van der Waals surface area contributed by atoms with E-state index in [9.17, 15) is 4.79 Å². The van der Waals surface area contributed by atoms with Gasteiger partial charge in [-0.2, -0.15) is 5.10 Å². The lowest BCUT2D eigenvalue weighted by molar-refractivity contribution is 0.0529. The van der Waals surface area contributed by atoms with E-state index in [-0.39, 0.29) is 0 Å². The number of hydrogen-bond acceptors (Lipinski definition) is 3. The van der Waals surface area contributed by atoms with E-state index in [1.165, 1.54) is 0 Å². The van der Waals surface area contributed by atoms with Crippen molar-refractivity contribution in [2.45, 2.75) is 26.4 Å². The Morgan fingerprint density at radius 2 is 1.59 bits per heavy atom. The molecule has 4 nitrogen and oxygen atoms in total. The van der Waals surface area contributed by atoms with E-state index in [2.05, 4.69) is 22.7 Å². The van der Waals surface area contributed by atoms with Gasteiger partial charge in [0, 0.05) is 0 Å². The normalized spacial score (nSPS) is 11.4. The third-order valence-corrected chi connectivity index (χ3v) is 2.79. The Balaban J connectivity index is 1.94. The number of carbonyl (C=O) groups excluding carboxylic acids is 1. The summed E-state index contributed by atoms with van der Waals surface area (Å²) in [6.45, 7) is 5.41. The Morgan fingerprint density at radius 1 is 1.00 bits per heavy atom. The van der Waals surface area contributed by atoms with Crippen LogP contribution in [-0.4, -0.2) is 17.9 Å². The highest BCUT2D eigenvalue weighted by atomic mass is 16.6.